The van der Waals surface area contributed by atoms with Gasteiger partial charge in [-0.3, -0.25) is 14.5 Å². The van der Waals surface area contributed by atoms with Crippen LogP contribution in [0, 0.1) is 0 Å². The molecule has 1 heterocycles. The van der Waals surface area contributed by atoms with Gasteiger partial charge in [-0.2, -0.15) is 0 Å². The number of rotatable bonds is 2. The van der Waals surface area contributed by atoms with Crippen molar-refractivity contribution >= 4 is 11.8 Å². The maximum Gasteiger partial charge on any atom is 0.261 e. The van der Waals surface area contributed by atoms with Crippen molar-refractivity contribution in [3.8, 4) is 0 Å². The third kappa shape index (κ3) is 1.61. The van der Waals surface area contributed by atoms with E-state index >= 15 is 0 Å². The van der Waals surface area contributed by atoms with Crippen LogP contribution in [0.3, 0.4) is 0 Å². The Morgan fingerprint density at radius 2 is 2.06 bits per heavy atom. The normalized spacial score (nSPS) is 17.2. The van der Waals surface area contributed by atoms with Crippen LogP contribution >= 0.6 is 0 Å². The Labute approximate surface area is 94.0 Å². The predicted molar refractivity (Wildman–Crippen MR) is 59.8 cm³/mol. The van der Waals surface area contributed by atoms with Crippen molar-refractivity contribution in [1.29, 1.82) is 0 Å². The molecule has 2 N–H and O–H groups in total. The SMILES string of the molecule is CC(CN)N1C(=O)Cc2ccccc2C1=O. The third-order valence-corrected chi connectivity index (χ3v) is 2.86. The van der Waals surface area contributed by atoms with Crippen LogP contribution in [-0.4, -0.2) is 29.3 Å². The largest absolute Gasteiger partial charge is 0.328 e. The molecule has 1 unspecified atom stereocenters. The third-order valence-electron chi connectivity index (χ3n) is 2.86. The molecule has 1 aromatic carbocycles. The minimum Gasteiger partial charge on any atom is -0.328 e. The molecule has 1 aliphatic rings. The fraction of sp³-hybridized carbons (Fsp3) is 0.333. The van der Waals surface area contributed by atoms with E-state index in [9.17, 15) is 9.59 Å². The van der Waals surface area contributed by atoms with Crippen molar-refractivity contribution in [2.45, 2.75) is 19.4 Å². The standard InChI is InChI=1S/C12H14N2O2/c1-8(7-13)14-11(15)6-9-4-2-3-5-10(9)12(14)16/h2-5,8H,6-7,13H2,1H3. The molecule has 0 saturated heterocycles. The maximum atomic E-state index is 12.1. The van der Waals surface area contributed by atoms with Gasteiger partial charge < -0.3 is 5.73 Å². The quantitative estimate of drug-likeness (QED) is 0.738. The second-order valence-corrected chi connectivity index (χ2v) is 3.99. The minimum absolute atomic E-state index is 0.165. The van der Waals surface area contributed by atoms with E-state index in [-0.39, 0.29) is 24.3 Å². The molecule has 4 heteroatoms. The molecule has 1 aromatic rings. The summed E-state index contributed by atoms with van der Waals surface area (Å²) in [6.07, 6.45) is 0.284. The zero-order chi connectivity index (χ0) is 11.7. The number of nitrogens with two attached hydrogens (primary N) is 1. The van der Waals surface area contributed by atoms with Crippen molar-refractivity contribution < 1.29 is 9.59 Å². The molecule has 4 nitrogen and oxygen atoms in total. The first kappa shape index (κ1) is 10.8. The van der Waals surface area contributed by atoms with Gasteiger partial charge in [-0.15, -0.1) is 0 Å². The van der Waals surface area contributed by atoms with Crippen LogP contribution in [0.25, 0.3) is 0 Å². The summed E-state index contributed by atoms with van der Waals surface area (Å²) in [6, 6.07) is 6.96. The fourth-order valence-electron chi connectivity index (χ4n) is 1.93. The number of nitrogens with zero attached hydrogens (tertiary/aromatic N) is 1. The summed E-state index contributed by atoms with van der Waals surface area (Å²) in [6.45, 7) is 2.07. The Bertz CT molecular complexity index is 442. The molecule has 0 radical (unpaired) electrons. The second-order valence-electron chi connectivity index (χ2n) is 3.99. The number of hydrogen-bond donors (Lipinski definition) is 1. The second kappa shape index (κ2) is 4.06. The van der Waals surface area contributed by atoms with Crippen LogP contribution in [0.5, 0.6) is 0 Å². The van der Waals surface area contributed by atoms with Crippen LogP contribution in [0.4, 0.5) is 0 Å². The van der Waals surface area contributed by atoms with Crippen LogP contribution in [0.2, 0.25) is 0 Å². The van der Waals surface area contributed by atoms with Crippen molar-refractivity contribution in [2.24, 2.45) is 5.73 Å². The maximum absolute atomic E-state index is 12.1. The van der Waals surface area contributed by atoms with Gasteiger partial charge in [0.2, 0.25) is 5.91 Å². The zero-order valence-corrected chi connectivity index (χ0v) is 9.14. The Balaban J connectivity index is 2.42. The monoisotopic (exact) mass is 218 g/mol. The Morgan fingerprint density at radius 1 is 1.38 bits per heavy atom. The molecule has 2 rings (SSSR count). The van der Waals surface area contributed by atoms with E-state index in [4.69, 9.17) is 5.73 Å². The van der Waals surface area contributed by atoms with Gasteiger partial charge in [0, 0.05) is 18.2 Å². The zero-order valence-electron chi connectivity index (χ0n) is 9.14. The molecule has 1 aliphatic heterocycles. The van der Waals surface area contributed by atoms with Gasteiger partial charge in [-0.1, -0.05) is 18.2 Å². The van der Waals surface area contributed by atoms with E-state index in [1.54, 1.807) is 19.1 Å². The molecule has 84 valence electrons. The lowest BCUT2D eigenvalue weighted by Gasteiger charge is -2.31. The highest BCUT2D eigenvalue weighted by Gasteiger charge is 2.33. The highest BCUT2D eigenvalue weighted by molar-refractivity contribution is 6.09. The number of hydrogen-bond acceptors (Lipinski definition) is 3. The van der Waals surface area contributed by atoms with Crippen molar-refractivity contribution in [3.63, 3.8) is 0 Å². The molecule has 0 saturated carbocycles. The summed E-state index contributed by atoms with van der Waals surface area (Å²) >= 11 is 0. The van der Waals surface area contributed by atoms with Gasteiger partial charge in [0.1, 0.15) is 0 Å². The predicted octanol–water partition coefficient (Wildman–Crippen LogP) is 0.559. The lowest BCUT2D eigenvalue weighted by atomic mass is 9.97. The molecular formula is C12H14N2O2. The van der Waals surface area contributed by atoms with Gasteiger partial charge in [0.15, 0.2) is 0 Å². The molecule has 1 atom stereocenters. The average Bonchev–Trinajstić information content (AvgIpc) is 2.28. The number of imide groups is 1. The van der Waals surface area contributed by atoms with Gasteiger partial charge in [-0.05, 0) is 18.6 Å². The van der Waals surface area contributed by atoms with Crippen molar-refractivity contribution in [3.05, 3.63) is 35.4 Å². The smallest absolute Gasteiger partial charge is 0.261 e. The van der Waals surface area contributed by atoms with E-state index in [1.165, 1.54) is 4.90 Å². The number of carbonyl (C=O) groups excluding carboxylic acids is 2. The Kier molecular flexibility index (Phi) is 2.75. The summed E-state index contributed by atoms with van der Waals surface area (Å²) in [5.41, 5.74) is 6.92. The molecule has 0 fully saturated rings. The summed E-state index contributed by atoms with van der Waals surface area (Å²) < 4.78 is 0. The first-order chi connectivity index (χ1) is 7.65. The average molecular weight is 218 g/mol. The molecule has 2 amide bonds. The van der Waals surface area contributed by atoms with E-state index in [0.29, 0.717) is 12.1 Å². The van der Waals surface area contributed by atoms with Crippen molar-refractivity contribution in [1.82, 2.24) is 4.90 Å². The van der Waals surface area contributed by atoms with Crippen molar-refractivity contribution in [2.75, 3.05) is 6.54 Å². The van der Waals surface area contributed by atoms with Crippen LogP contribution in [0.1, 0.15) is 22.8 Å². The van der Waals surface area contributed by atoms with Crippen LogP contribution in [0.15, 0.2) is 24.3 Å². The molecule has 0 aromatic heterocycles. The van der Waals surface area contributed by atoms with Gasteiger partial charge in [0.05, 0.1) is 6.42 Å². The highest BCUT2D eigenvalue weighted by atomic mass is 16.2. The first-order valence-electron chi connectivity index (χ1n) is 5.29. The molecular weight excluding hydrogens is 204 g/mol. The molecule has 16 heavy (non-hydrogen) atoms. The van der Waals surface area contributed by atoms with E-state index < -0.39 is 0 Å². The van der Waals surface area contributed by atoms with Gasteiger partial charge >= 0.3 is 0 Å². The number of benzene rings is 1. The molecule has 0 spiro atoms. The fourth-order valence-corrected chi connectivity index (χ4v) is 1.93. The highest BCUT2D eigenvalue weighted by Crippen LogP contribution is 2.20. The van der Waals surface area contributed by atoms with Crippen LogP contribution in [-0.2, 0) is 11.2 Å². The van der Waals surface area contributed by atoms with Gasteiger partial charge in [0.25, 0.3) is 5.91 Å². The number of fused-ring (bicyclic) bond motifs is 1. The van der Waals surface area contributed by atoms with E-state index in [0.717, 1.165) is 5.56 Å². The number of amides is 2. The Morgan fingerprint density at radius 3 is 2.75 bits per heavy atom. The first-order valence-corrected chi connectivity index (χ1v) is 5.29. The topological polar surface area (TPSA) is 63.4 Å². The van der Waals surface area contributed by atoms with E-state index in [2.05, 4.69) is 0 Å². The number of carbonyl (C=O) groups is 2. The summed E-state index contributed by atoms with van der Waals surface area (Å²) in [4.78, 5) is 25.2. The summed E-state index contributed by atoms with van der Waals surface area (Å²) in [7, 11) is 0. The van der Waals surface area contributed by atoms with E-state index in [1.807, 2.05) is 12.1 Å². The minimum atomic E-state index is -0.242. The lowest BCUT2D eigenvalue weighted by molar-refractivity contribution is -0.129. The lowest BCUT2D eigenvalue weighted by Crippen LogP contribution is -2.50. The molecule has 0 aliphatic carbocycles. The van der Waals surface area contributed by atoms with Gasteiger partial charge in [-0.25, -0.2) is 0 Å². The summed E-state index contributed by atoms with van der Waals surface area (Å²) in [5.74, 6) is -0.397. The van der Waals surface area contributed by atoms with Crippen LogP contribution < -0.4 is 5.73 Å². The summed E-state index contributed by atoms with van der Waals surface area (Å²) in [5, 5.41) is 0. The molecule has 0 bridgehead atoms. The Hall–Kier alpha value is -1.68.